The third-order valence-electron chi connectivity index (χ3n) is 4.69. The molecule has 4 rings (SSSR count). The van der Waals surface area contributed by atoms with Gasteiger partial charge in [0.25, 0.3) is 0 Å². The Labute approximate surface area is 195 Å². The number of para-hydroxylation sites is 1. The Morgan fingerprint density at radius 1 is 1.06 bits per heavy atom. The van der Waals surface area contributed by atoms with Crippen molar-refractivity contribution >= 4 is 17.7 Å². The highest BCUT2D eigenvalue weighted by molar-refractivity contribution is 8.00. The fourth-order valence-corrected chi connectivity index (χ4v) is 3.75. The van der Waals surface area contributed by atoms with E-state index in [0.29, 0.717) is 11.3 Å². The van der Waals surface area contributed by atoms with Crippen molar-refractivity contribution < 1.29 is 27.8 Å². The molecule has 34 heavy (non-hydrogen) atoms. The number of halogens is 3. The molecule has 1 N–H and O–H groups in total. The van der Waals surface area contributed by atoms with E-state index in [2.05, 4.69) is 4.98 Å². The maximum atomic E-state index is 12.9. The van der Waals surface area contributed by atoms with Gasteiger partial charge in [0.15, 0.2) is 0 Å². The maximum absolute atomic E-state index is 12.9. The molecular weight excluding hydrogens is 471 g/mol. The molecule has 0 amide bonds. The Morgan fingerprint density at radius 2 is 1.76 bits per heavy atom. The molecule has 0 aliphatic rings. The molecule has 0 atom stereocenters. The van der Waals surface area contributed by atoms with Gasteiger partial charge in [-0.3, -0.25) is 9.55 Å². The van der Waals surface area contributed by atoms with Crippen LogP contribution in [-0.4, -0.2) is 30.7 Å². The summed E-state index contributed by atoms with van der Waals surface area (Å²) in [5.41, 5.74) is -4.33. The predicted molar refractivity (Wildman–Crippen MR) is 118 cm³/mol. The normalized spacial score (nSPS) is 11.4. The molecule has 0 saturated heterocycles. The summed E-state index contributed by atoms with van der Waals surface area (Å²) in [4.78, 5) is 29.5. The fourth-order valence-electron chi connectivity index (χ4n) is 3.21. The van der Waals surface area contributed by atoms with Gasteiger partial charge in [0, 0.05) is 17.3 Å². The number of aromatic hydroxyl groups is 1. The number of nitrogens with zero attached hydrogens (tertiary/aromatic N) is 3. The molecule has 0 spiro atoms. The van der Waals surface area contributed by atoms with Gasteiger partial charge in [-0.25, -0.2) is 14.2 Å². The summed E-state index contributed by atoms with van der Waals surface area (Å²) in [5.74, 6) is -0.733. The number of benzene rings is 2. The smallest absolute Gasteiger partial charge is 0.446 e. The minimum absolute atomic E-state index is 0.0541. The number of rotatable bonds is 6. The Bertz CT molecular complexity index is 1370. The number of pyridine rings is 1. The molecule has 174 valence electrons. The first-order chi connectivity index (χ1) is 16.2. The van der Waals surface area contributed by atoms with Gasteiger partial charge < -0.3 is 9.84 Å². The van der Waals surface area contributed by atoms with Crippen molar-refractivity contribution in [1.82, 2.24) is 14.1 Å². The number of hydrogen-bond donors (Lipinski definition) is 1. The van der Waals surface area contributed by atoms with Crippen molar-refractivity contribution in [3.8, 4) is 17.3 Å². The van der Waals surface area contributed by atoms with Crippen LogP contribution in [0.25, 0.3) is 5.69 Å². The van der Waals surface area contributed by atoms with E-state index in [1.807, 2.05) is 0 Å². The number of carbonyl (C=O) groups is 1. The van der Waals surface area contributed by atoms with E-state index in [9.17, 15) is 27.9 Å². The van der Waals surface area contributed by atoms with Gasteiger partial charge in [-0.15, -0.1) is 0 Å². The van der Waals surface area contributed by atoms with Crippen LogP contribution in [0.2, 0.25) is 0 Å². The van der Waals surface area contributed by atoms with E-state index < -0.39 is 23.0 Å². The highest BCUT2D eigenvalue weighted by Crippen LogP contribution is 2.37. The lowest BCUT2D eigenvalue weighted by atomic mass is 10.1. The molecule has 2 aromatic heterocycles. The molecule has 0 unspecified atom stereocenters. The highest BCUT2D eigenvalue weighted by Gasteiger charge is 2.29. The maximum Gasteiger partial charge on any atom is 0.446 e. The average molecular weight is 487 g/mol. The summed E-state index contributed by atoms with van der Waals surface area (Å²) in [6, 6.07) is 15.0. The zero-order valence-electron chi connectivity index (χ0n) is 17.3. The number of ether oxygens (including phenoxy) is 1. The van der Waals surface area contributed by atoms with Crippen LogP contribution in [0.1, 0.15) is 15.9 Å². The quantitative estimate of drug-likeness (QED) is 0.243. The predicted octanol–water partition coefficient (Wildman–Crippen LogP) is 4.62. The molecular formula is C23H16F3N3O4S. The SMILES string of the molecule is O=C(Oc1ccccc1)c1cnccc1Cn1cc(O)n(-c2ccc(SC(F)(F)F)cc2)c1=O. The monoisotopic (exact) mass is 487 g/mol. The summed E-state index contributed by atoms with van der Waals surface area (Å²) < 4.78 is 45.1. The molecule has 0 aliphatic carbocycles. The zero-order valence-corrected chi connectivity index (χ0v) is 18.1. The minimum Gasteiger partial charge on any atom is -0.493 e. The summed E-state index contributed by atoms with van der Waals surface area (Å²) in [7, 11) is 0. The number of thioether (sulfide) groups is 1. The number of alkyl halides is 3. The van der Waals surface area contributed by atoms with Crippen LogP contribution in [0, 0.1) is 0 Å². The van der Waals surface area contributed by atoms with Crippen molar-refractivity contribution in [3.63, 3.8) is 0 Å². The summed E-state index contributed by atoms with van der Waals surface area (Å²) in [6.07, 6.45) is 3.94. The van der Waals surface area contributed by atoms with Crippen LogP contribution < -0.4 is 10.4 Å². The molecule has 11 heteroatoms. The van der Waals surface area contributed by atoms with E-state index in [1.165, 1.54) is 47.4 Å². The Morgan fingerprint density at radius 3 is 2.44 bits per heavy atom. The third-order valence-corrected chi connectivity index (χ3v) is 5.43. The van der Waals surface area contributed by atoms with Gasteiger partial charge in [0.2, 0.25) is 5.88 Å². The van der Waals surface area contributed by atoms with E-state index in [-0.39, 0.29) is 34.5 Å². The van der Waals surface area contributed by atoms with Gasteiger partial charge >= 0.3 is 17.2 Å². The lowest BCUT2D eigenvalue weighted by molar-refractivity contribution is -0.0328. The first kappa shape index (κ1) is 23.2. The lowest BCUT2D eigenvalue weighted by Crippen LogP contribution is -2.24. The second-order valence-electron chi connectivity index (χ2n) is 7.01. The summed E-state index contributed by atoms with van der Waals surface area (Å²) in [6.45, 7) is -0.0802. The number of hydrogen-bond acceptors (Lipinski definition) is 6. The van der Waals surface area contributed by atoms with Crippen LogP contribution >= 0.6 is 11.8 Å². The fraction of sp³-hybridized carbons (Fsp3) is 0.0870. The van der Waals surface area contributed by atoms with E-state index in [1.54, 1.807) is 36.4 Å². The van der Waals surface area contributed by atoms with Crippen LogP contribution in [0.4, 0.5) is 13.2 Å². The molecule has 2 aromatic carbocycles. The van der Waals surface area contributed by atoms with Crippen molar-refractivity contribution in [2.75, 3.05) is 0 Å². The molecule has 2 heterocycles. The molecule has 4 aromatic rings. The average Bonchev–Trinajstić information content (AvgIpc) is 3.07. The van der Waals surface area contributed by atoms with Crippen LogP contribution in [0.3, 0.4) is 0 Å². The van der Waals surface area contributed by atoms with E-state index in [4.69, 9.17) is 4.74 Å². The molecule has 7 nitrogen and oxygen atoms in total. The second kappa shape index (κ2) is 9.48. The summed E-state index contributed by atoms with van der Waals surface area (Å²) >= 11 is -0.280. The number of carbonyl (C=O) groups excluding carboxylic acids is 1. The van der Waals surface area contributed by atoms with Crippen molar-refractivity contribution in [2.24, 2.45) is 0 Å². The molecule has 0 fully saturated rings. The van der Waals surface area contributed by atoms with Crippen LogP contribution in [0.15, 0.2) is 88.9 Å². The molecule has 0 aliphatic heterocycles. The lowest BCUT2D eigenvalue weighted by Gasteiger charge is -2.09. The van der Waals surface area contributed by atoms with Crippen LogP contribution in [-0.2, 0) is 6.54 Å². The van der Waals surface area contributed by atoms with E-state index in [0.717, 1.165) is 4.57 Å². The number of aromatic nitrogens is 3. The molecule has 0 radical (unpaired) electrons. The van der Waals surface area contributed by atoms with Crippen molar-refractivity contribution in [3.05, 3.63) is 101 Å². The largest absolute Gasteiger partial charge is 0.493 e. The van der Waals surface area contributed by atoms with Gasteiger partial charge in [-0.2, -0.15) is 13.2 Å². The van der Waals surface area contributed by atoms with E-state index >= 15 is 0 Å². The van der Waals surface area contributed by atoms with Crippen molar-refractivity contribution in [1.29, 1.82) is 0 Å². The first-order valence-corrected chi connectivity index (χ1v) is 10.6. The Kier molecular flexibility index (Phi) is 6.46. The molecule has 0 saturated carbocycles. The third kappa shape index (κ3) is 5.31. The number of esters is 1. The van der Waals surface area contributed by atoms with Crippen molar-refractivity contribution in [2.45, 2.75) is 16.9 Å². The standard InChI is InChI=1S/C23H16F3N3O4S/c24-23(25,26)34-18-8-6-16(7-9-18)29-20(30)14-28(22(29)32)13-15-10-11-27-12-19(15)21(31)33-17-4-2-1-3-5-17/h1-12,14,30H,13H2. The Hall–Kier alpha value is -3.99. The van der Waals surface area contributed by atoms with Gasteiger partial charge in [-0.1, -0.05) is 18.2 Å². The van der Waals surface area contributed by atoms with Gasteiger partial charge in [0.05, 0.1) is 24.0 Å². The Balaban J connectivity index is 1.59. The first-order valence-electron chi connectivity index (χ1n) is 9.79. The van der Waals surface area contributed by atoms with Gasteiger partial charge in [-0.05, 0) is 59.8 Å². The molecule has 0 bridgehead atoms. The zero-order chi connectivity index (χ0) is 24.3. The number of imidazole rings is 1. The topological polar surface area (TPSA) is 86.3 Å². The summed E-state index contributed by atoms with van der Waals surface area (Å²) in [5, 5.41) is 10.3. The highest BCUT2D eigenvalue weighted by atomic mass is 32.2. The van der Waals surface area contributed by atoms with Gasteiger partial charge in [0.1, 0.15) is 5.75 Å². The van der Waals surface area contributed by atoms with Crippen LogP contribution in [0.5, 0.6) is 11.6 Å². The minimum atomic E-state index is -4.44. The second-order valence-corrected chi connectivity index (χ2v) is 8.15.